The van der Waals surface area contributed by atoms with Gasteiger partial charge in [0, 0.05) is 42.2 Å². The first-order valence-corrected chi connectivity index (χ1v) is 11.3. The molecule has 1 saturated carbocycles. The second-order valence-electron chi connectivity index (χ2n) is 7.41. The van der Waals surface area contributed by atoms with Crippen LogP contribution >= 0.6 is 35.3 Å². The summed E-state index contributed by atoms with van der Waals surface area (Å²) in [6.45, 7) is 6.28. The van der Waals surface area contributed by atoms with Gasteiger partial charge in [-0.05, 0) is 44.4 Å². The van der Waals surface area contributed by atoms with Gasteiger partial charge in [-0.1, -0.05) is 25.0 Å². The van der Waals surface area contributed by atoms with E-state index < -0.39 is 0 Å². The van der Waals surface area contributed by atoms with Crippen LogP contribution in [-0.2, 0) is 17.8 Å². The van der Waals surface area contributed by atoms with Gasteiger partial charge >= 0.3 is 0 Å². The number of hydrogen-bond acceptors (Lipinski definition) is 4. The molecule has 0 unspecified atom stereocenters. The predicted molar refractivity (Wildman–Crippen MR) is 136 cm³/mol. The SMILES string of the molecule is CCNC(=NCc1cccc(NC(=O)C2CCCC2)c1)NCCc1ncc(C)s1.I. The third-order valence-electron chi connectivity index (χ3n) is 4.98. The molecule has 30 heavy (non-hydrogen) atoms. The van der Waals surface area contributed by atoms with Crippen LogP contribution in [0, 0.1) is 12.8 Å². The molecule has 0 radical (unpaired) electrons. The first-order valence-electron chi connectivity index (χ1n) is 10.5. The van der Waals surface area contributed by atoms with Gasteiger partial charge in [0.05, 0.1) is 11.6 Å². The molecule has 1 fully saturated rings. The number of halogens is 1. The molecule has 0 atom stereocenters. The zero-order valence-corrected chi connectivity index (χ0v) is 20.9. The summed E-state index contributed by atoms with van der Waals surface area (Å²) in [5.41, 5.74) is 1.92. The van der Waals surface area contributed by atoms with Gasteiger partial charge in [-0.3, -0.25) is 4.79 Å². The van der Waals surface area contributed by atoms with Crippen molar-refractivity contribution in [3.63, 3.8) is 0 Å². The number of amides is 1. The molecule has 0 bridgehead atoms. The average molecular weight is 542 g/mol. The first kappa shape index (κ1) is 24.6. The van der Waals surface area contributed by atoms with Gasteiger partial charge in [-0.2, -0.15) is 0 Å². The lowest BCUT2D eigenvalue weighted by Crippen LogP contribution is -2.38. The Hall–Kier alpha value is -1.68. The molecule has 1 aromatic heterocycles. The minimum absolute atomic E-state index is 0. The van der Waals surface area contributed by atoms with E-state index in [0.717, 1.165) is 67.4 Å². The Morgan fingerprint density at radius 1 is 1.27 bits per heavy atom. The summed E-state index contributed by atoms with van der Waals surface area (Å²) in [4.78, 5) is 22.7. The number of anilines is 1. The van der Waals surface area contributed by atoms with Crippen LogP contribution in [0.5, 0.6) is 0 Å². The number of aryl methyl sites for hydroxylation is 1. The minimum Gasteiger partial charge on any atom is -0.357 e. The van der Waals surface area contributed by atoms with E-state index in [1.165, 1.54) is 4.88 Å². The Kier molecular flexibility index (Phi) is 10.6. The van der Waals surface area contributed by atoms with Crippen molar-refractivity contribution >= 4 is 52.9 Å². The van der Waals surface area contributed by atoms with Gasteiger partial charge in [0.25, 0.3) is 0 Å². The van der Waals surface area contributed by atoms with Crippen LogP contribution in [0.15, 0.2) is 35.5 Å². The molecule has 0 saturated heterocycles. The Morgan fingerprint density at radius 2 is 2.07 bits per heavy atom. The van der Waals surface area contributed by atoms with Gasteiger partial charge < -0.3 is 16.0 Å². The third kappa shape index (κ3) is 7.86. The number of nitrogens with zero attached hydrogens (tertiary/aromatic N) is 2. The molecule has 2 aromatic rings. The third-order valence-corrected chi connectivity index (χ3v) is 5.96. The maximum atomic E-state index is 12.4. The van der Waals surface area contributed by atoms with Gasteiger partial charge in [-0.15, -0.1) is 35.3 Å². The summed E-state index contributed by atoms with van der Waals surface area (Å²) in [6.07, 6.45) is 7.13. The number of benzene rings is 1. The number of nitrogens with one attached hydrogen (secondary N) is 3. The highest BCUT2D eigenvalue weighted by atomic mass is 127. The van der Waals surface area contributed by atoms with E-state index >= 15 is 0 Å². The molecule has 0 spiro atoms. The molecule has 3 N–H and O–H groups in total. The fourth-order valence-electron chi connectivity index (χ4n) is 3.50. The van der Waals surface area contributed by atoms with Crippen molar-refractivity contribution in [3.05, 3.63) is 45.9 Å². The Balaban J connectivity index is 0.00000320. The first-order chi connectivity index (χ1) is 14.1. The Bertz CT molecular complexity index is 832. The topological polar surface area (TPSA) is 78.4 Å². The van der Waals surface area contributed by atoms with Gasteiger partial charge in [0.1, 0.15) is 0 Å². The molecule has 8 heteroatoms. The van der Waals surface area contributed by atoms with Crippen molar-refractivity contribution in [2.75, 3.05) is 18.4 Å². The highest BCUT2D eigenvalue weighted by molar-refractivity contribution is 14.0. The van der Waals surface area contributed by atoms with Gasteiger partial charge in [-0.25, -0.2) is 9.98 Å². The number of aliphatic imine (C=N–C) groups is 1. The molecule has 1 aliphatic carbocycles. The summed E-state index contributed by atoms with van der Waals surface area (Å²) >= 11 is 1.73. The summed E-state index contributed by atoms with van der Waals surface area (Å²) in [5, 5.41) is 10.9. The van der Waals surface area contributed by atoms with E-state index in [9.17, 15) is 4.79 Å². The lowest BCUT2D eigenvalue weighted by molar-refractivity contribution is -0.119. The van der Waals surface area contributed by atoms with Crippen LogP contribution in [0.25, 0.3) is 0 Å². The lowest BCUT2D eigenvalue weighted by atomic mass is 10.1. The normalized spacial score (nSPS) is 14.3. The molecule has 1 amide bonds. The van der Waals surface area contributed by atoms with Crippen LogP contribution in [0.1, 0.15) is 48.1 Å². The van der Waals surface area contributed by atoms with Crippen molar-refractivity contribution in [1.82, 2.24) is 15.6 Å². The van der Waals surface area contributed by atoms with Crippen LogP contribution in [0.2, 0.25) is 0 Å². The maximum Gasteiger partial charge on any atom is 0.227 e. The number of carbonyl (C=O) groups excluding carboxylic acids is 1. The standard InChI is InChI=1S/C22H31N5OS.HI/c1-3-23-22(24-12-11-20-25-14-16(2)29-20)26-15-17-7-6-10-19(13-17)27-21(28)18-8-4-5-9-18;/h6-7,10,13-14,18H,3-5,8-9,11-12,15H2,1-2H3,(H,27,28)(H2,23,24,26);1H. The molecular weight excluding hydrogens is 509 g/mol. The van der Waals surface area contributed by atoms with Gasteiger partial charge in [0.2, 0.25) is 5.91 Å². The fraction of sp³-hybridized carbons (Fsp3) is 0.500. The Morgan fingerprint density at radius 3 is 2.77 bits per heavy atom. The van der Waals surface area contributed by atoms with E-state index in [1.54, 1.807) is 11.3 Å². The van der Waals surface area contributed by atoms with Crippen LogP contribution in [0.4, 0.5) is 5.69 Å². The fourth-order valence-corrected chi connectivity index (χ4v) is 4.28. The molecule has 0 aliphatic heterocycles. The van der Waals surface area contributed by atoms with E-state index in [0.29, 0.717) is 6.54 Å². The van der Waals surface area contributed by atoms with Gasteiger partial charge in [0.15, 0.2) is 5.96 Å². The quantitative estimate of drug-likeness (QED) is 0.262. The molecular formula is C22H32IN5OS. The summed E-state index contributed by atoms with van der Waals surface area (Å²) in [5.74, 6) is 1.11. The summed E-state index contributed by atoms with van der Waals surface area (Å²) in [7, 11) is 0. The van der Waals surface area contributed by atoms with Crippen molar-refractivity contribution in [2.24, 2.45) is 10.9 Å². The molecule has 1 aromatic carbocycles. The van der Waals surface area contributed by atoms with E-state index in [1.807, 2.05) is 30.5 Å². The molecule has 164 valence electrons. The zero-order chi connectivity index (χ0) is 20.5. The smallest absolute Gasteiger partial charge is 0.227 e. The van der Waals surface area contributed by atoms with Crippen molar-refractivity contribution in [3.8, 4) is 0 Å². The zero-order valence-electron chi connectivity index (χ0n) is 17.7. The number of aromatic nitrogens is 1. The molecule has 6 nitrogen and oxygen atoms in total. The number of thiazole rings is 1. The van der Waals surface area contributed by atoms with E-state index in [4.69, 9.17) is 0 Å². The van der Waals surface area contributed by atoms with Crippen molar-refractivity contribution < 1.29 is 4.79 Å². The molecule has 3 rings (SSSR count). The van der Waals surface area contributed by atoms with Crippen LogP contribution in [-0.4, -0.2) is 29.9 Å². The highest BCUT2D eigenvalue weighted by Gasteiger charge is 2.22. The second-order valence-corrected chi connectivity index (χ2v) is 8.73. The largest absolute Gasteiger partial charge is 0.357 e. The maximum absolute atomic E-state index is 12.4. The monoisotopic (exact) mass is 541 g/mol. The number of carbonyl (C=O) groups is 1. The average Bonchev–Trinajstić information content (AvgIpc) is 3.38. The molecule has 1 heterocycles. The van der Waals surface area contributed by atoms with E-state index in [-0.39, 0.29) is 35.8 Å². The number of guanidine groups is 1. The lowest BCUT2D eigenvalue weighted by Gasteiger charge is -2.12. The number of hydrogen-bond donors (Lipinski definition) is 3. The second kappa shape index (κ2) is 12.9. The van der Waals surface area contributed by atoms with E-state index in [2.05, 4.69) is 39.8 Å². The Labute approximate surface area is 200 Å². The van der Waals surface area contributed by atoms with Crippen LogP contribution < -0.4 is 16.0 Å². The van der Waals surface area contributed by atoms with Crippen LogP contribution in [0.3, 0.4) is 0 Å². The summed E-state index contributed by atoms with van der Waals surface area (Å²) < 4.78 is 0. The summed E-state index contributed by atoms with van der Waals surface area (Å²) in [6, 6.07) is 7.97. The minimum atomic E-state index is 0. The number of rotatable bonds is 8. The molecule has 1 aliphatic rings. The highest BCUT2D eigenvalue weighted by Crippen LogP contribution is 2.26. The predicted octanol–water partition coefficient (Wildman–Crippen LogP) is 4.50. The van der Waals surface area contributed by atoms with Crippen molar-refractivity contribution in [1.29, 1.82) is 0 Å². The van der Waals surface area contributed by atoms with Crippen molar-refractivity contribution in [2.45, 2.75) is 52.5 Å².